The molecule has 0 fully saturated rings. The maximum Gasteiger partial charge on any atom is 0.420 e. The Bertz CT molecular complexity index is 748. The van der Waals surface area contributed by atoms with E-state index in [0.717, 1.165) is 39.3 Å². The summed E-state index contributed by atoms with van der Waals surface area (Å²) in [5.74, 6) is -0.404. The molecule has 0 unspecified atom stereocenters. The van der Waals surface area contributed by atoms with Gasteiger partial charge in [-0.2, -0.15) is 39.5 Å². The van der Waals surface area contributed by atoms with Crippen LogP contribution in [0, 0.1) is 5.41 Å². The molecular formula is C17H19F9N2O2. The van der Waals surface area contributed by atoms with Crippen molar-refractivity contribution in [1.82, 2.24) is 5.32 Å². The molecule has 0 spiro atoms. The van der Waals surface area contributed by atoms with Crippen molar-refractivity contribution in [3.8, 4) is 5.75 Å². The maximum absolute atomic E-state index is 13.5. The first kappa shape index (κ1) is 25.7. The van der Waals surface area contributed by atoms with Crippen molar-refractivity contribution in [2.45, 2.75) is 51.3 Å². The normalized spacial score (nSPS) is 13.8. The lowest BCUT2D eigenvalue weighted by Gasteiger charge is -2.41. The molecule has 0 atom stereocenters. The number of ether oxygens (including phenoxy) is 1. The van der Waals surface area contributed by atoms with E-state index in [1.54, 1.807) is 5.32 Å². The largest absolute Gasteiger partial charge is 0.495 e. The molecule has 30 heavy (non-hydrogen) atoms. The lowest BCUT2D eigenvalue weighted by atomic mass is 9.78. The second-order valence-corrected chi connectivity index (χ2v) is 7.63. The Kier molecular flexibility index (Phi) is 6.91. The predicted octanol–water partition coefficient (Wildman–Crippen LogP) is 6.14. The number of amides is 2. The number of hydrogen-bond acceptors (Lipinski definition) is 2. The minimum atomic E-state index is -5.95. The molecule has 0 saturated heterocycles. The van der Waals surface area contributed by atoms with E-state index in [1.807, 2.05) is 0 Å². The van der Waals surface area contributed by atoms with Crippen LogP contribution in [0.4, 0.5) is 50.0 Å². The van der Waals surface area contributed by atoms with E-state index in [2.05, 4.69) is 0 Å². The van der Waals surface area contributed by atoms with Gasteiger partial charge in [-0.25, -0.2) is 4.79 Å². The molecule has 172 valence electrons. The van der Waals surface area contributed by atoms with Gasteiger partial charge in [0.1, 0.15) is 5.75 Å². The van der Waals surface area contributed by atoms with Crippen molar-refractivity contribution >= 4 is 11.7 Å². The van der Waals surface area contributed by atoms with E-state index in [1.165, 1.54) is 0 Å². The Morgan fingerprint density at radius 3 is 1.80 bits per heavy atom. The van der Waals surface area contributed by atoms with Gasteiger partial charge < -0.3 is 15.4 Å². The SMILES string of the molecule is COc1ccc(C(F)(F)F)cc1NC(=O)NC(CC(C)(C)C)(C(F)(F)F)C(F)(F)F. The van der Waals surface area contributed by atoms with Crippen molar-refractivity contribution in [1.29, 1.82) is 0 Å². The van der Waals surface area contributed by atoms with E-state index in [9.17, 15) is 44.3 Å². The first-order valence-corrected chi connectivity index (χ1v) is 8.21. The molecule has 0 bridgehead atoms. The molecule has 4 nitrogen and oxygen atoms in total. The Labute approximate surface area is 165 Å². The summed E-state index contributed by atoms with van der Waals surface area (Å²) in [7, 11) is 0.987. The van der Waals surface area contributed by atoms with Crippen LogP contribution in [0.2, 0.25) is 0 Å². The zero-order valence-electron chi connectivity index (χ0n) is 16.2. The van der Waals surface area contributed by atoms with Crippen LogP contribution in [0.3, 0.4) is 0 Å². The molecule has 0 aliphatic heterocycles. The minimum Gasteiger partial charge on any atom is -0.495 e. The standard InChI is InChI=1S/C17H19F9N2O2/c1-13(2,3)8-14(16(21,22)23,17(24,25)26)28-12(29)27-10-7-9(15(18,19)20)5-6-11(10)30-4/h5-7H,8H2,1-4H3,(H2,27,28,29). The van der Waals surface area contributed by atoms with Crippen molar-refractivity contribution in [3.05, 3.63) is 23.8 Å². The van der Waals surface area contributed by atoms with Crippen molar-refractivity contribution in [2.24, 2.45) is 5.41 Å². The zero-order chi connectivity index (χ0) is 23.8. The maximum atomic E-state index is 13.5. The summed E-state index contributed by atoms with van der Waals surface area (Å²) in [5.41, 5.74) is -8.24. The summed E-state index contributed by atoms with van der Waals surface area (Å²) in [4.78, 5) is 12.1. The Balaban J connectivity index is 3.39. The van der Waals surface area contributed by atoms with Gasteiger partial charge in [-0.1, -0.05) is 20.8 Å². The number of halogens is 9. The number of rotatable bonds is 4. The smallest absolute Gasteiger partial charge is 0.420 e. The van der Waals surface area contributed by atoms with Crippen LogP contribution in [-0.4, -0.2) is 31.0 Å². The summed E-state index contributed by atoms with van der Waals surface area (Å²) >= 11 is 0. The van der Waals surface area contributed by atoms with E-state index in [-0.39, 0.29) is 0 Å². The summed E-state index contributed by atoms with van der Waals surface area (Å²) in [6.07, 6.45) is -18.4. The third-order valence-electron chi connectivity index (χ3n) is 3.87. The lowest BCUT2D eigenvalue weighted by Crippen LogP contribution is -2.69. The Hall–Kier alpha value is -2.34. The number of alkyl halides is 9. The number of nitrogens with one attached hydrogen (secondary N) is 2. The molecule has 0 aliphatic carbocycles. The lowest BCUT2D eigenvalue weighted by molar-refractivity contribution is -0.310. The average Bonchev–Trinajstić information content (AvgIpc) is 2.49. The van der Waals surface area contributed by atoms with Gasteiger partial charge in [0.05, 0.1) is 18.4 Å². The van der Waals surface area contributed by atoms with Crippen molar-refractivity contribution < 1.29 is 49.0 Å². The fourth-order valence-electron chi connectivity index (χ4n) is 2.67. The molecule has 2 N–H and O–H groups in total. The fourth-order valence-corrected chi connectivity index (χ4v) is 2.67. The molecule has 13 heteroatoms. The highest BCUT2D eigenvalue weighted by molar-refractivity contribution is 5.91. The van der Waals surface area contributed by atoms with E-state index >= 15 is 0 Å². The summed E-state index contributed by atoms with van der Waals surface area (Å²) in [6, 6.07) is -0.358. The van der Waals surface area contributed by atoms with Crippen LogP contribution in [0.5, 0.6) is 5.75 Å². The molecule has 1 aromatic carbocycles. The fraction of sp³-hybridized carbons (Fsp3) is 0.588. The average molecular weight is 454 g/mol. The number of benzene rings is 1. The molecule has 1 aromatic rings. The highest BCUT2D eigenvalue weighted by Gasteiger charge is 2.72. The van der Waals surface area contributed by atoms with Crippen molar-refractivity contribution in [2.75, 3.05) is 12.4 Å². The second-order valence-electron chi connectivity index (χ2n) is 7.63. The summed E-state index contributed by atoms with van der Waals surface area (Å²) in [5, 5.41) is 2.47. The molecule has 0 aliphatic rings. The predicted molar refractivity (Wildman–Crippen MR) is 89.1 cm³/mol. The number of urea groups is 1. The van der Waals surface area contributed by atoms with Crippen molar-refractivity contribution in [3.63, 3.8) is 0 Å². The van der Waals surface area contributed by atoms with Crippen LogP contribution in [0.25, 0.3) is 0 Å². The van der Waals surface area contributed by atoms with E-state index in [4.69, 9.17) is 4.74 Å². The van der Waals surface area contributed by atoms with Gasteiger partial charge in [0, 0.05) is 0 Å². The van der Waals surface area contributed by atoms with Crippen LogP contribution in [-0.2, 0) is 6.18 Å². The van der Waals surface area contributed by atoms with Gasteiger partial charge in [-0.3, -0.25) is 0 Å². The molecule has 0 heterocycles. The Morgan fingerprint density at radius 1 is 0.933 bits per heavy atom. The summed E-state index contributed by atoms with van der Waals surface area (Å²) < 4.78 is 124. The summed E-state index contributed by atoms with van der Waals surface area (Å²) in [6.45, 7) is 3.32. The number of methoxy groups -OCH3 is 1. The molecule has 2 amide bonds. The second kappa shape index (κ2) is 8.06. The molecule has 0 aromatic heterocycles. The molecule has 1 rings (SSSR count). The van der Waals surface area contributed by atoms with Crippen LogP contribution in [0.15, 0.2) is 18.2 Å². The number of carbonyl (C=O) groups excluding carboxylic acids is 1. The molecular weight excluding hydrogens is 435 g/mol. The first-order valence-electron chi connectivity index (χ1n) is 8.21. The highest BCUT2D eigenvalue weighted by atomic mass is 19.4. The zero-order valence-corrected chi connectivity index (χ0v) is 16.2. The third-order valence-corrected chi connectivity index (χ3v) is 3.87. The van der Waals surface area contributed by atoms with Gasteiger partial charge in [0.2, 0.25) is 5.54 Å². The van der Waals surface area contributed by atoms with Gasteiger partial charge in [0.15, 0.2) is 0 Å². The van der Waals surface area contributed by atoms with Gasteiger partial charge in [-0.15, -0.1) is 0 Å². The third kappa shape index (κ3) is 5.85. The van der Waals surface area contributed by atoms with Crippen LogP contribution < -0.4 is 15.4 Å². The Morgan fingerprint density at radius 2 is 1.43 bits per heavy atom. The minimum absolute atomic E-state index is 0.324. The molecule has 0 saturated carbocycles. The number of anilines is 1. The first-order chi connectivity index (χ1) is 13.2. The van der Waals surface area contributed by atoms with Gasteiger partial charge in [0.25, 0.3) is 0 Å². The quantitative estimate of drug-likeness (QED) is 0.538. The van der Waals surface area contributed by atoms with Gasteiger partial charge >= 0.3 is 24.6 Å². The van der Waals surface area contributed by atoms with Crippen LogP contribution in [0.1, 0.15) is 32.8 Å². The van der Waals surface area contributed by atoms with E-state index in [0.29, 0.717) is 12.1 Å². The number of hydrogen-bond donors (Lipinski definition) is 2. The monoisotopic (exact) mass is 454 g/mol. The van der Waals surface area contributed by atoms with Crippen LogP contribution >= 0.6 is 0 Å². The topological polar surface area (TPSA) is 50.4 Å². The molecule has 0 radical (unpaired) electrons. The highest BCUT2D eigenvalue weighted by Crippen LogP contribution is 2.49. The van der Waals surface area contributed by atoms with Gasteiger partial charge in [-0.05, 0) is 30.0 Å². The van der Waals surface area contributed by atoms with E-state index < -0.39 is 58.9 Å². The number of carbonyl (C=O) groups is 1.